The molecule has 13 nitrogen and oxygen atoms in total. The summed E-state index contributed by atoms with van der Waals surface area (Å²) in [7, 11) is -20.9. The Labute approximate surface area is 413 Å². The molecule has 0 amide bonds. The van der Waals surface area contributed by atoms with Crippen molar-refractivity contribution in [3.05, 3.63) is 121 Å². The average Bonchev–Trinajstić information content (AvgIpc) is 3.33. The molecule has 1 radical (unpaired) electrons. The summed E-state index contributed by atoms with van der Waals surface area (Å²) in [6, 6.07) is 56.0. The van der Waals surface area contributed by atoms with Crippen LogP contribution in [-0.2, 0) is 46.5 Å². The minimum absolute atomic E-state index is 0.0742. The lowest BCUT2D eigenvalue weighted by molar-refractivity contribution is -0.0173. The maximum atomic E-state index is 12.3. The molecule has 0 aliphatic heterocycles. The highest BCUT2D eigenvalue weighted by molar-refractivity contribution is 7.73. The van der Waals surface area contributed by atoms with Gasteiger partial charge in [0.15, 0.2) is 8.32 Å². The molecule has 4 aromatic rings. The second-order valence-corrected chi connectivity index (χ2v) is 39.3. The van der Waals surface area contributed by atoms with Gasteiger partial charge in [-0.2, -0.15) is 0 Å². The quantitative estimate of drug-likeness (QED) is 0.0307. The van der Waals surface area contributed by atoms with E-state index in [0.29, 0.717) is 6.04 Å². The van der Waals surface area contributed by atoms with Crippen molar-refractivity contribution in [2.24, 2.45) is 0 Å². The Morgan fingerprint density at radius 1 is 0.522 bits per heavy atom. The normalized spacial score (nSPS) is 14.9. The summed E-state index contributed by atoms with van der Waals surface area (Å²) >= 11 is 0. The Hall–Kier alpha value is -1.80. The summed E-state index contributed by atoms with van der Waals surface area (Å²) < 4.78 is 66.5. The minimum Gasteiger partial charge on any atom is -0.496 e. The van der Waals surface area contributed by atoms with Gasteiger partial charge in [-0.05, 0) is 93.0 Å². The molecule has 0 heterocycles. The van der Waals surface area contributed by atoms with E-state index in [1.807, 2.05) is 37.4 Å². The number of hydrogen-bond acceptors (Lipinski definition) is 13. The van der Waals surface area contributed by atoms with Gasteiger partial charge in [0.2, 0.25) is 27.4 Å². The van der Waals surface area contributed by atoms with Crippen LogP contribution >= 0.6 is 15.8 Å². The number of unbranched alkanes of at least 4 members (excludes halogenated alkanes) is 3. The summed E-state index contributed by atoms with van der Waals surface area (Å²) in [5.41, 5.74) is 0.0742. The molecule has 363 valence electrons. The van der Waals surface area contributed by atoms with Gasteiger partial charge in [-0.15, -0.1) is 12.0 Å². The van der Waals surface area contributed by atoms with Crippen LogP contribution in [0.1, 0.15) is 46.0 Å². The molecule has 0 aromatic heterocycles. The first-order chi connectivity index (χ1) is 32.1. The molecule has 4 aromatic carbocycles. The lowest BCUT2D eigenvalue weighted by atomic mass is 10.3. The Balaban J connectivity index is 1.52. The summed E-state index contributed by atoms with van der Waals surface area (Å²) in [5, 5.41) is 5.34. The maximum absolute atomic E-state index is 12.3. The van der Waals surface area contributed by atoms with E-state index in [-0.39, 0.29) is 5.54 Å². The molecule has 0 spiro atoms. The predicted molar refractivity (Wildman–Crippen MR) is 283 cm³/mol. The molecule has 4 rings (SSSR count). The molecule has 0 aliphatic rings. The van der Waals surface area contributed by atoms with Crippen LogP contribution in [0.3, 0.4) is 0 Å². The van der Waals surface area contributed by atoms with E-state index in [4.69, 9.17) is 58.5 Å². The zero-order chi connectivity index (χ0) is 48.8. The van der Waals surface area contributed by atoms with Gasteiger partial charge < -0.3 is 56.1 Å². The van der Waals surface area contributed by atoms with Crippen LogP contribution in [0, 0.1) is 12.0 Å². The molecule has 0 aliphatic carbocycles. The zero-order valence-electron chi connectivity index (χ0n) is 39.9. The van der Waals surface area contributed by atoms with Crippen molar-refractivity contribution >= 4 is 109 Å². The van der Waals surface area contributed by atoms with Crippen LogP contribution < -0.4 is 21.2 Å². The topological polar surface area (TPSA) is 142 Å². The van der Waals surface area contributed by atoms with E-state index in [2.05, 4.69) is 111 Å². The second kappa shape index (κ2) is 28.9. The monoisotopic (exact) mass is 1090 g/mol. The predicted octanol–water partition coefficient (Wildman–Crippen LogP) is 6.65. The molecule has 0 bridgehead atoms. The summed E-state index contributed by atoms with van der Waals surface area (Å²) in [5.74, 6) is 0. The van der Waals surface area contributed by atoms with E-state index in [9.17, 15) is 9.59 Å². The van der Waals surface area contributed by atoms with Crippen LogP contribution in [0.4, 0.5) is 0 Å². The van der Waals surface area contributed by atoms with Gasteiger partial charge in [0.25, 0.3) is 0 Å². The molecule has 2 unspecified atom stereocenters. The van der Waals surface area contributed by atoms with E-state index in [0.717, 1.165) is 50.5 Å². The third-order valence-corrected chi connectivity index (χ3v) is 35.7. The van der Waals surface area contributed by atoms with Crippen LogP contribution in [0.15, 0.2) is 121 Å². The Kier molecular flexibility index (Phi) is 24.9. The first kappa shape index (κ1) is 57.8. The minimum atomic E-state index is -5.05. The van der Waals surface area contributed by atoms with Gasteiger partial charge >= 0.3 is 36.2 Å². The Bertz CT molecular complexity index is 2020. The van der Waals surface area contributed by atoms with E-state index in [1.165, 1.54) is 49.7 Å². The second-order valence-electron chi connectivity index (χ2n) is 16.1. The van der Waals surface area contributed by atoms with Crippen molar-refractivity contribution in [2.75, 3.05) is 40.8 Å². The lowest BCUT2D eigenvalue weighted by Gasteiger charge is -2.40. The number of hydrogen-bond donors (Lipinski definition) is 2. The van der Waals surface area contributed by atoms with E-state index < -0.39 is 87.8 Å². The van der Waals surface area contributed by atoms with Gasteiger partial charge in [0.1, 0.15) is 0 Å². The standard InChI is InChI=1S/C44H67O13P2Si8/c1-40(2)62(38-26-25-37-59(43-32-20-13-21-33-43)44-34-22-14-23-35-44)53-66(50-6,51-60-7)56-65(46,49-5)57-67(52-61-8,55-64(45,47-3)48-4)54-63(9,10)39-27-15-24-36-58(41-28-16-11-17-29-41)42-30-18-12-19-31-42/h7-8,11-14,16-23,28-35,40,45-46H,15,24-27,36-39H2,1-6,9-10H3/t65-,66?,67?/m0/s1. The van der Waals surface area contributed by atoms with Crippen molar-refractivity contribution < 1.29 is 56.1 Å². The van der Waals surface area contributed by atoms with Crippen LogP contribution in [-0.4, -0.2) is 122 Å². The average molecular weight is 1090 g/mol. The first-order valence-electron chi connectivity index (χ1n) is 22.2. The fraction of sp³-hybridized carbons (Fsp3) is 0.409. The fourth-order valence-corrected chi connectivity index (χ4v) is 32.7. The smallest absolute Gasteiger partial charge is 0.496 e. The van der Waals surface area contributed by atoms with Crippen LogP contribution in [0.5, 0.6) is 0 Å². The van der Waals surface area contributed by atoms with Crippen LogP contribution in [0.2, 0.25) is 30.7 Å². The molecule has 0 saturated heterocycles. The SMILES string of the molecule is C#[Si]O[Si](OC)(O[Si](CCCCP(c1ccccc1)c1ccccc1)C(C)C)O[Si@](O)(OC)O[Si](O[Si]#C)(O[Si](C)(C)CCCCCP(c1ccccc1)c1ccccc1)O[Si](O)(OC)OC. The maximum Gasteiger partial charge on any atom is 0.727 e. The summed E-state index contributed by atoms with van der Waals surface area (Å²) in [6.45, 7) is 8.08. The van der Waals surface area contributed by atoms with E-state index >= 15 is 0 Å². The van der Waals surface area contributed by atoms with Crippen molar-refractivity contribution in [2.45, 2.75) is 76.7 Å². The highest BCUT2D eigenvalue weighted by atomic mass is 31.1. The molecular weight excluding hydrogens is 1020 g/mol. The number of rotatable bonds is 32. The van der Waals surface area contributed by atoms with Gasteiger partial charge in [-0.1, -0.05) is 154 Å². The van der Waals surface area contributed by atoms with Crippen LogP contribution in [0.25, 0.3) is 0 Å². The Morgan fingerprint density at radius 3 is 1.30 bits per heavy atom. The molecule has 67 heavy (non-hydrogen) atoms. The van der Waals surface area contributed by atoms with Gasteiger partial charge in [-0.3, -0.25) is 0 Å². The molecule has 0 saturated carbocycles. The van der Waals surface area contributed by atoms with Crippen molar-refractivity contribution in [3.8, 4) is 12.0 Å². The highest BCUT2D eigenvalue weighted by Gasteiger charge is 2.69. The molecule has 2 N–H and O–H groups in total. The highest BCUT2D eigenvalue weighted by Crippen LogP contribution is 2.37. The molecular formula is C44H67O13P2Si8. The van der Waals surface area contributed by atoms with Gasteiger partial charge in [0.05, 0.1) is 0 Å². The van der Waals surface area contributed by atoms with Crippen molar-refractivity contribution in [1.29, 1.82) is 0 Å². The number of benzene rings is 4. The largest absolute Gasteiger partial charge is 0.727 e. The fourth-order valence-electron chi connectivity index (χ4n) is 7.02. The van der Waals surface area contributed by atoms with Gasteiger partial charge in [0, 0.05) is 28.4 Å². The zero-order valence-corrected chi connectivity index (χ0v) is 49.7. The third-order valence-electron chi connectivity index (χ3n) is 10.4. The lowest BCUT2D eigenvalue weighted by Crippen LogP contribution is -2.70. The summed E-state index contributed by atoms with van der Waals surface area (Å²) in [6.07, 6.45) is 6.60. The summed E-state index contributed by atoms with van der Waals surface area (Å²) in [4.78, 5) is 23.7. The van der Waals surface area contributed by atoms with Crippen molar-refractivity contribution in [1.82, 2.24) is 0 Å². The Morgan fingerprint density at radius 2 is 0.910 bits per heavy atom. The van der Waals surface area contributed by atoms with Crippen molar-refractivity contribution in [3.63, 3.8) is 0 Å². The molecule has 0 fully saturated rings. The van der Waals surface area contributed by atoms with E-state index in [1.54, 1.807) is 0 Å². The molecule has 23 heteroatoms. The molecule has 3 atom stereocenters. The van der Waals surface area contributed by atoms with Gasteiger partial charge in [-0.25, -0.2) is 0 Å². The first-order valence-corrected chi connectivity index (χ1v) is 38.6. The third kappa shape index (κ3) is 18.7.